The van der Waals surface area contributed by atoms with Crippen molar-refractivity contribution in [3.8, 4) is 11.4 Å². The highest BCUT2D eigenvalue weighted by Gasteiger charge is 2.01. The molecule has 0 unspecified atom stereocenters. The Bertz CT molecular complexity index is 415. The summed E-state index contributed by atoms with van der Waals surface area (Å²) >= 11 is 3.25. The van der Waals surface area contributed by atoms with Gasteiger partial charge in [0.1, 0.15) is 10.3 Å². The van der Waals surface area contributed by atoms with E-state index in [2.05, 4.69) is 30.9 Å². The molecule has 5 heteroatoms. The third-order valence-electron chi connectivity index (χ3n) is 1.65. The lowest BCUT2D eigenvalue weighted by Gasteiger charge is -2.00. The van der Waals surface area contributed by atoms with Crippen molar-refractivity contribution in [3.63, 3.8) is 0 Å². The Hall–Kier alpha value is -1.49. The molecule has 0 saturated carbocycles. The number of anilines is 1. The van der Waals surface area contributed by atoms with E-state index in [-0.39, 0.29) is 0 Å². The minimum atomic E-state index is 0.664. The van der Waals surface area contributed by atoms with E-state index in [0.29, 0.717) is 16.0 Å². The molecule has 0 spiro atoms. The Morgan fingerprint density at radius 2 is 2.07 bits per heavy atom. The van der Waals surface area contributed by atoms with E-state index in [0.717, 1.165) is 5.69 Å². The molecule has 0 atom stereocenters. The number of rotatable bonds is 1. The largest absolute Gasteiger partial charge is 0.399 e. The molecule has 2 aromatic heterocycles. The van der Waals surface area contributed by atoms with Crippen molar-refractivity contribution in [1.82, 2.24) is 15.0 Å². The maximum atomic E-state index is 5.63. The number of hydrogen-bond acceptors (Lipinski definition) is 4. The highest BCUT2D eigenvalue weighted by Crippen LogP contribution is 2.17. The molecular weight excluding hydrogens is 244 g/mol. The van der Waals surface area contributed by atoms with E-state index in [1.807, 2.05) is 0 Å². The number of hydrogen-bond donors (Lipinski definition) is 1. The first-order valence-corrected chi connectivity index (χ1v) is 4.74. The summed E-state index contributed by atoms with van der Waals surface area (Å²) in [5.74, 6) is 0. The van der Waals surface area contributed by atoms with Crippen LogP contribution in [0.1, 0.15) is 0 Å². The number of halogens is 1. The predicted octanol–water partition coefficient (Wildman–Crippen LogP) is 1.88. The summed E-state index contributed by atoms with van der Waals surface area (Å²) in [6.45, 7) is 0. The molecule has 0 aromatic carbocycles. The van der Waals surface area contributed by atoms with Crippen LogP contribution in [0.25, 0.3) is 11.4 Å². The van der Waals surface area contributed by atoms with E-state index in [1.54, 1.807) is 30.7 Å². The van der Waals surface area contributed by atoms with Crippen LogP contribution in [0.5, 0.6) is 0 Å². The average Bonchev–Trinajstić information content (AvgIpc) is 2.18. The minimum absolute atomic E-state index is 0.664. The standard InChI is InChI=1S/C9H7BrN4/c10-9-5-12-4-8(14-9)7-3-6(11)1-2-13-7/h1-5H,(H2,11,13). The maximum absolute atomic E-state index is 5.63. The summed E-state index contributed by atoms with van der Waals surface area (Å²) in [7, 11) is 0. The van der Waals surface area contributed by atoms with Crippen LogP contribution >= 0.6 is 15.9 Å². The summed E-state index contributed by atoms with van der Waals surface area (Å²) in [6, 6.07) is 3.49. The molecule has 4 nitrogen and oxygen atoms in total. The molecule has 0 saturated heterocycles. The molecule has 70 valence electrons. The fraction of sp³-hybridized carbons (Fsp3) is 0. The van der Waals surface area contributed by atoms with Crippen LogP contribution in [-0.2, 0) is 0 Å². The molecule has 0 aliphatic rings. The summed E-state index contributed by atoms with van der Waals surface area (Å²) in [6.07, 6.45) is 4.91. The highest BCUT2D eigenvalue weighted by molar-refractivity contribution is 9.10. The molecule has 0 aliphatic carbocycles. The zero-order valence-corrected chi connectivity index (χ0v) is 8.77. The van der Waals surface area contributed by atoms with Gasteiger partial charge in [-0.25, -0.2) is 4.98 Å². The van der Waals surface area contributed by atoms with Crippen LogP contribution < -0.4 is 5.73 Å². The Morgan fingerprint density at radius 3 is 2.79 bits per heavy atom. The predicted molar refractivity (Wildman–Crippen MR) is 57.4 cm³/mol. The van der Waals surface area contributed by atoms with Gasteiger partial charge in [0.2, 0.25) is 0 Å². The zero-order chi connectivity index (χ0) is 9.97. The topological polar surface area (TPSA) is 64.7 Å². The lowest BCUT2D eigenvalue weighted by molar-refractivity contribution is 1.15. The van der Waals surface area contributed by atoms with Gasteiger partial charge in [-0.1, -0.05) is 0 Å². The van der Waals surface area contributed by atoms with Crippen molar-refractivity contribution in [2.24, 2.45) is 0 Å². The second kappa shape index (κ2) is 3.71. The first-order valence-electron chi connectivity index (χ1n) is 3.95. The van der Waals surface area contributed by atoms with Crippen LogP contribution in [0.2, 0.25) is 0 Å². The van der Waals surface area contributed by atoms with Crippen molar-refractivity contribution in [2.75, 3.05) is 5.73 Å². The van der Waals surface area contributed by atoms with Gasteiger partial charge in [0.15, 0.2) is 0 Å². The molecule has 0 amide bonds. The van der Waals surface area contributed by atoms with Gasteiger partial charge in [-0.05, 0) is 28.1 Å². The number of aromatic nitrogens is 3. The second-order valence-electron chi connectivity index (χ2n) is 2.70. The van der Waals surface area contributed by atoms with Gasteiger partial charge >= 0.3 is 0 Å². The third-order valence-corrected chi connectivity index (χ3v) is 2.03. The van der Waals surface area contributed by atoms with Gasteiger partial charge in [0, 0.05) is 11.9 Å². The second-order valence-corrected chi connectivity index (χ2v) is 3.51. The van der Waals surface area contributed by atoms with Crippen molar-refractivity contribution in [2.45, 2.75) is 0 Å². The van der Waals surface area contributed by atoms with Gasteiger partial charge in [-0.3, -0.25) is 9.97 Å². The number of pyridine rings is 1. The van der Waals surface area contributed by atoms with Gasteiger partial charge in [0.25, 0.3) is 0 Å². The Labute approximate surface area is 89.4 Å². The molecule has 2 aromatic rings. The van der Waals surface area contributed by atoms with Crippen LogP contribution in [0.4, 0.5) is 5.69 Å². The van der Waals surface area contributed by atoms with E-state index in [1.165, 1.54) is 0 Å². The SMILES string of the molecule is Nc1ccnc(-c2cncc(Br)n2)c1. The number of nitrogen functional groups attached to an aromatic ring is 1. The third kappa shape index (κ3) is 1.88. The molecular formula is C9H7BrN4. The van der Waals surface area contributed by atoms with Crippen LogP contribution in [-0.4, -0.2) is 15.0 Å². The summed E-state index contributed by atoms with van der Waals surface area (Å²) in [4.78, 5) is 12.4. The van der Waals surface area contributed by atoms with E-state index in [9.17, 15) is 0 Å². The summed E-state index contributed by atoms with van der Waals surface area (Å²) in [5, 5.41) is 0. The Morgan fingerprint density at radius 1 is 1.21 bits per heavy atom. The summed E-state index contributed by atoms with van der Waals surface area (Å²) < 4.78 is 0.680. The lowest BCUT2D eigenvalue weighted by atomic mass is 10.2. The van der Waals surface area contributed by atoms with Crippen molar-refractivity contribution in [3.05, 3.63) is 35.3 Å². The summed E-state index contributed by atoms with van der Waals surface area (Å²) in [5.41, 5.74) is 7.72. The minimum Gasteiger partial charge on any atom is -0.399 e. The van der Waals surface area contributed by atoms with E-state index in [4.69, 9.17) is 5.73 Å². The van der Waals surface area contributed by atoms with Crippen LogP contribution in [0, 0.1) is 0 Å². The first kappa shape index (κ1) is 9.08. The Kier molecular flexibility index (Phi) is 2.41. The first-order chi connectivity index (χ1) is 6.75. The average molecular weight is 251 g/mol. The monoisotopic (exact) mass is 250 g/mol. The quantitative estimate of drug-likeness (QED) is 0.840. The molecule has 0 aliphatic heterocycles. The Balaban J connectivity index is 2.49. The van der Waals surface area contributed by atoms with Crippen molar-refractivity contribution in [1.29, 1.82) is 0 Å². The highest BCUT2D eigenvalue weighted by atomic mass is 79.9. The number of nitrogens with two attached hydrogens (primary N) is 1. The van der Waals surface area contributed by atoms with Gasteiger partial charge in [-0.15, -0.1) is 0 Å². The normalized spacial score (nSPS) is 10.1. The fourth-order valence-electron chi connectivity index (χ4n) is 1.05. The van der Waals surface area contributed by atoms with E-state index >= 15 is 0 Å². The number of nitrogens with zero attached hydrogens (tertiary/aromatic N) is 3. The molecule has 2 rings (SSSR count). The van der Waals surface area contributed by atoms with Gasteiger partial charge in [-0.2, -0.15) is 0 Å². The maximum Gasteiger partial charge on any atom is 0.125 e. The molecule has 0 fully saturated rings. The van der Waals surface area contributed by atoms with Crippen molar-refractivity contribution < 1.29 is 0 Å². The smallest absolute Gasteiger partial charge is 0.125 e. The molecule has 0 radical (unpaired) electrons. The zero-order valence-electron chi connectivity index (χ0n) is 7.18. The lowest BCUT2D eigenvalue weighted by Crippen LogP contribution is -1.91. The van der Waals surface area contributed by atoms with Crippen LogP contribution in [0.3, 0.4) is 0 Å². The van der Waals surface area contributed by atoms with E-state index < -0.39 is 0 Å². The molecule has 2 heterocycles. The molecule has 2 N–H and O–H groups in total. The fourth-order valence-corrected chi connectivity index (χ4v) is 1.36. The van der Waals surface area contributed by atoms with Crippen LogP contribution in [0.15, 0.2) is 35.3 Å². The van der Waals surface area contributed by atoms with Gasteiger partial charge in [0.05, 0.1) is 18.1 Å². The molecule has 0 bridgehead atoms. The van der Waals surface area contributed by atoms with Gasteiger partial charge < -0.3 is 5.73 Å². The molecule has 14 heavy (non-hydrogen) atoms. The van der Waals surface area contributed by atoms with Crippen molar-refractivity contribution >= 4 is 21.6 Å².